The first-order chi connectivity index (χ1) is 9.54. The summed E-state index contributed by atoms with van der Waals surface area (Å²) in [6, 6.07) is 9.82. The predicted molar refractivity (Wildman–Crippen MR) is 81.8 cm³/mol. The number of halogens is 2. The minimum Gasteiger partial charge on any atom is -0.504 e. The van der Waals surface area contributed by atoms with E-state index < -0.39 is 5.91 Å². The fourth-order valence-electron chi connectivity index (χ4n) is 1.66. The number of phenolic OH excluding ortho intramolecular Hbond substituents is 1. The van der Waals surface area contributed by atoms with Crippen LogP contribution in [0, 0.1) is 0 Å². The normalized spacial score (nSPS) is 10.2. The Kier molecular flexibility index (Phi) is 4.52. The van der Waals surface area contributed by atoms with Crippen molar-refractivity contribution < 1.29 is 14.6 Å². The van der Waals surface area contributed by atoms with Crippen LogP contribution in [0.5, 0.6) is 11.5 Å². The zero-order chi connectivity index (χ0) is 14.7. The van der Waals surface area contributed by atoms with E-state index in [1.165, 1.54) is 13.2 Å². The Labute approximate surface area is 129 Å². The van der Waals surface area contributed by atoms with Crippen LogP contribution in [0.3, 0.4) is 0 Å². The van der Waals surface area contributed by atoms with Crippen LogP contribution in [0.4, 0.5) is 5.69 Å². The lowest BCUT2D eigenvalue weighted by molar-refractivity contribution is 0.102. The molecule has 4 nitrogen and oxygen atoms in total. The first-order valence-electron chi connectivity index (χ1n) is 5.66. The molecule has 0 heterocycles. The molecule has 0 aromatic heterocycles. The fourth-order valence-corrected chi connectivity index (χ4v) is 2.20. The number of phenols is 1. The van der Waals surface area contributed by atoms with Gasteiger partial charge in [-0.05, 0) is 40.2 Å². The van der Waals surface area contributed by atoms with Crippen molar-refractivity contribution in [3.05, 3.63) is 51.5 Å². The van der Waals surface area contributed by atoms with E-state index in [4.69, 9.17) is 16.3 Å². The molecule has 0 unspecified atom stereocenters. The van der Waals surface area contributed by atoms with Crippen LogP contribution in [0.1, 0.15) is 10.4 Å². The number of hydrogen-bond acceptors (Lipinski definition) is 3. The third-order valence-electron chi connectivity index (χ3n) is 2.66. The van der Waals surface area contributed by atoms with Crippen LogP contribution in [0.2, 0.25) is 5.02 Å². The number of nitrogens with one attached hydrogen (secondary N) is 1. The van der Waals surface area contributed by atoms with Gasteiger partial charge in [0.1, 0.15) is 0 Å². The van der Waals surface area contributed by atoms with E-state index in [1.807, 2.05) is 0 Å². The number of methoxy groups -OCH3 is 1. The highest BCUT2D eigenvalue weighted by Gasteiger charge is 2.16. The van der Waals surface area contributed by atoms with E-state index >= 15 is 0 Å². The highest BCUT2D eigenvalue weighted by Crippen LogP contribution is 2.33. The summed E-state index contributed by atoms with van der Waals surface area (Å²) in [7, 11) is 1.42. The number of amides is 1. The van der Waals surface area contributed by atoms with Crippen LogP contribution >= 0.6 is 27.5 Å². The summed E-state index contributed by atoms with van der Waals surface area (Å²) in [5, 5.41) is 13.1. The molecule has 0 aliphatic rings. The number of aromatic hydroxyl groups is 1. The van der Waals surface area contributed by atoms with Gasteiger partial charge in [-0.3, -0.25) is 4.79 Å². The van der Waals surface area contributed by atoms with Gasteiger partial charge < -0.3 is 15.2 Å². The van der Waals surface area contributed by atoms with E-state index in [0.29, 0.717) is 15.2 Å². The SMILES string of the molecule is COc1cccc(C(=O)Nc2cccc(Cl)c2Br)c1O. The van der Waals surface area contributed by atoms with Gasteiger partial charge in [-0.1, -0.05) is 23.7 Å². The second-order valence-corrected chi connectivity index (χ2v) is 5.11. The molecule has 104 valence electrons. The lowest BCUT2D eigenvalue weighted by Gasteiger charge is -2.11. The van der Waals surface area contributed by atoms with Crippen molar-refractivity contribution in [1.29, 1.82) is 0 Å². The van der Waals surface area contributed by atoms with Crippen molar-refractivity contribution in [1.82, 2.24) is 0 Å². The molecule has 20 heavy (non-hydrogen) atoms. The molecule has 0 saturated carbocycles. The number of rotatable bonds is 3. The van der Waals surface area contributed by atoms with E-state index in [1.54, 1.807) is 30.3 Å². The Morgan fingerprint density at radius 2 is 2.00 bits per heavy atom. The molecular formula is C14H11BrClNO3. The van der Waals surface area contributed by atoms with Crippen molar-refractivity contribution >= 4 is 39.1 Å². The van der Waals surface area contributed by atoms with Gasteiger partial charge in [-0.2, -0.15) is 0 Å². The topological polar surface area (TPSA) is 58.6 Å². The molecule has 0 aliphatic heterocycles. The molecule has 0 radical (unpaired) electrons. The standard InChI is InChI=1S/C14H11BrClNO3/c1-20-11-7-2-4-8(13(11)18)14(19)17-10-6-3-5-9(16)12(10)15/h2-7,18H,1H3,(H,17,19). The summed E-state index contributed by atoms with van der Waals surface area (Å²) in [4.78, 5) is 12.2. The predicted octanol–water partition coefficient (Wildman–Crippen LogP) is 4.07. The Hall–Kier alpha value is -1.72. The second-order valence-electron chi connectivity index (χ2n) is 3.91. The summed E-state index contributed by atoms with van der Waals surface area (Å²) < 4.78 is 5.55. The highest BCUT2D eigenvalue weighted by atomic mass is 79.9. The molecule has 2 rings (SSSR count). The van der Waals surface area contributed by atoms with Crippen LogP contribution in [0.25, 0.3) is 0 Å². The van der Waals surface area contributed by atoms with Crippen LogP contribution in [-0.2, 0) is 0 Å². The average molecular weight is 357 g/mol. The number of benzene rings is 2. The molecular weight excluding hydrogens is 346 g/mol. The maximum Gasteiger partial charge on any atom is 0.259 e. The number of carbonyl (C=O) groups is 1. The van der Waals surface area contributed by atoms with Gasteiger partial charge in [0.05, 0.1) is 27.9 Å². The zero-order valence-electron chi connectivity index (χ0n) is 10.5. The molecule has 1 amide bonds. The van der Waals surface area contributed by atoms with Gasteiger partial charge in [0.15, 0.2) is 11.5 Å². The van der Waals surface area contributed by atoms with Crippen molar-refractivity contribution in [3.8, 4) is 11.5 Å². The van der Waals surface area contributed by atoms with Gasteiger partial charge in [0.2, 0.25) is 0 Å². The lowest BCUT2D eigenvalue weighted by Crippen LogP contribution is -2.12. The van der Waals surface area contributed by atoms with Gasteiger partial charge in [0, 0.05) is 0 Å². The molecule has 0 atom stereocenters. The van der Waals surface area contributed by atoms with E-state index in [-0.39, 0.29) is 17.1 Å². The van der Waals surface area contributed by atoms with E-state index in [2.05, 4.69) is 21.2 Å². The molecule has 2 N–H and O–H groups in total. The van der Waals surface area contributed by atoms with Gasteiger partial charge in [-0.25, -0.2) is 0 Å². The minimum absolute atomic E-state index is 0.122. The quantitative estimate of drug-likeness (QED) is 0.871. The van der Waals surface area contributed by atoms with Crippen molar-refractivity contribution in [2.75, 3.05) is 12.4 Å². The molecule has 2 aromatic rings. The van der Waals surface area contributed by atoms with Crippen molar-refractivity contribution in [2.24, 2.45) is 0 Å². The number of para-hydroxylation sites is 1. The minimum atomic E-state index is -0.454. The summed E-state index contributed by atoms with van der Waals surface area (Å²) in [6.45, 7) is 0. The molecule has 0 fully saturated rings. The molecule has 6 heteroatoms. The Morgan fingerprint density at radius 3 is 2.70 bits per heavy atom. The molecule has 0 spiro atoms. The van der Waals surface area contributed by atoms with Gasteiger partial charge >= 0.3 is 0 Å². The molecule has 0 saturated heterocycles. The number of anilines is 1. The second kappa shape index (κ2) is 6.15. The third kappa shape index (κ3) is 2.89. The first kappa shape index (κ1) is 14.7. The number of carbonyl (C=O) groups excluding carboxylic acids is 1. The largest absolute Gasteiger partial charge is 0.504 e. The number of hydrogen-bond donors (Lipinski definition) is 2. The maximum atomic E-state index is 12.2. The van der Waals surface area contributed by atoms with Crippen molar-refractivity contribution in [2.45, 2.75) is 0 Å². The maximum absolute atomic E-state index is 12.2. The molecule has 0 aliphatic carbocycles. The third-order valence-corrected chi connectivity index (χ3v) is 4.06. The number of ether oxygens (including phenoxy) is 1. The Morgan fingerprint density at radius 1 is 1.30 bits per heavy atom. The summed E-state index contributed by atoms with van der Waals surface area (Å²) in [5.41, 5.74) is 0.640. The van der Waals surface area contributed by atoms with Gasteiger partial charge in [-0.15, -0.1) is 0 Å². The average Bonchev–Trinajstić information content (AvgIpc) is 2.44. The highest BCUT2D eigenvalue weighted by molar-refractivity contribution is 9.10. The summed E-state index contributed by atoms with van der Waals surface area (Å²) >= 11 is 9.25. The monoisotopic (exact) mass is 355 g/mol. The van der Waals surface area contributed by atoms with Crippen LogP contribution in [-0.4, -0.2) is 18.1 Å². The Balaban J connectivity index is 2.31. The van der Waals surface area contributed by atoms with Gasteiger partial charge in [0.25, 0.3) is 5.91 Å². The Bertz CT molecular complexity index is 661. The summed E-state index contributed by atoms with van der Waals surface area (Å²) in [6.07, 6.45) is 0. The zero-order valence-corrected chi connectivity index (χ0v) is 12.8. The fraction of sp³-hybridized carbons (Fsp3) is 0.0714. The summed E-state index contributed by atoms with van der Waals surface area (Å²) in [5.74, 6) is -0.419. The molecule has 0 bridgehead atoms. The van der Waals surface area contributed by atoms with Crippen LogP contribution in [0.15, 0.2) is 40.9 Å². The van der Waals surface area contributed by atoms with E-state index in [0.717, 1.165) is 0 Å². The molecule has 2 aromatic carbocycles. The van der Waals surface area contributed by atoms with E-state index in [9.17, 15) is 9.90 Å². The smallest absolute Gasteiger partial charge is 0.259 e. The lowest BCUT2D eigenvalue weighted by atomic mass is 10.1. The van der Waals surface area contributed by atoms with Crippen LogP contribution < -0.4 is 10.1 Å². The first-order valence-corrected chi connectivity index (χ1v) is 6.83. The van der Waals surface area contributed by atoms with Crippen molar-refractivity contribution in [3.63, 3.8) is 0 Å².